The SMILES string of the molecule is Cc1cccc2cc3ccccc3c[n+]12.[Br-]. The fourth-order valence-electron chi connectivity index (χ4n) is 2.00. The quantitative estimate of drug-likeness (QED) is 0.398. The third-order valence-electron chi connectivity index (χ3n) is 2.83. The van der Waals surface area contributed by atoms with Crippen LogP contribution in [0.25, 0.3) is 16.3 Å². The molecular formula is C14H12BrN. The normalized spacial score (nSPS) is 10.3. The molecule has 0 spiro atoms. The number of aromatic nitrogens is 1. The molecule has 0 amide bonds. The number of hydrogen-bond donors (Lipinski definition) is 0. The zero-order valence-corrected chi connectivity index (χ0v) is 10.6. The molecule has 2 heteroatoms. The lowest BCUT2D eigenvalue weighted by Gasteiger charge is -1.97. The second kappa shape index (κ2) is 4.22. The van der Waals surface area contributed by atoms with Gasteiger partial charge >= 0.3 is 0 Å². The number of benzene rings is 1. The highest BCUT2D eigenvalue weighted by Gasteiger charge is 2.06. The van der Waals surface area contributed by atoms with E-state index in [1.807, 2.05) is 0 Å². The highest BCUT2D eigenvalue weighted by atomic mass is 79.9. The summed E-state index contributed by atoms with van der Waals surface area (Å²) in [5.74, 6) is 0. The molecule has 3 rings (SSSR count). The summed E-state index contributed by atoms with van der Waals surface area (Å²) in [5.41, 5.74) is 2.51. The first-order valence-electron chi connectivity index (χ1n) is 5.14. The van der Waals surface area contributed by atoms with Crippen LogP contribution in [0.1, 0.15) is 5.69 Å². The van der Waals surface area contributed by atoms with E-state index in [2.05, 4.69) is 66.1 Å². The van der Waals surface area contributed by atoms with Crippen molar-refractivity contribution in [2.75, 3.05) is 0 Å². The van der Waals surface area contributed by atoms with Crippen molar-refractivity contribution in [1.29, 1.82) is 0 Å². The van der Waals surface area contributed by atoms with Crippen LogP contribution in [0.3, 0.4) is 0 Å². The van der Waals surface area contributed by atoms with E-state index in [0.717, 1.165) is 0 Å². The van der Waals surface area contributed by atoms with Gasteiger partial charge in [-0.1, -0.05) is 18.2 Å². The smallest absolute Gasteiger partial charge is 0.211 e. The van der Waals surface area contributed by atoms with Gasteiger partial charge in [0.2, 0.25) is 5.52 Å². The van der Waals surface area contributed by atoms with Crippen LogP contribution in [-0.2, 0) is 0 Å². The van der Waals surface area contributed by atoms with Crippen molar-refractivity contribution >= 4 is 16.3 Å². The summed E-state index contributed by atoms with van der Waals surface area (Å²) in [6, 6.07) is 17.0. The Morgan fingerprint density at radius 2 is 1.62 bits per heavy atom. The molecule has 16 heavy (non-hydrogen) atoms. The van der Waals surface area contributed by atoms with Gasteiger partial charge in [-0.2, -0.15) is 4.40 Å². The summed E-state index contributed by atoms with van der Waals surface area (Å²) in [5, 5.41) is 2.58. The molecule has 0 aliphatic rings. The lowest BCUT2D eigenvalue weighted by atomic mass is 10.1. The van der Waals surface area contributed by atoms with Crippen LogP contribution >= 0.6 is 0 Å². The zero-order valence-electron chi connectivity index (χ0n) is 9.02. The van der Waals surface area contributed by atoms with Crippen LogP contribution in [-0.4, -0.2) is 0 Å². The van der Waals surface area contributed by atoms with E-state index in [0.29, 0.717) is 0 Å². The average Bonchev–Trinajstić information content (AvgIpc) is 2.27. The Bertz CT molecular complexity index is 646. The van der Waals surface area contributed by atoms with E-state index in [9.17, 15) is 0 Å². The molecule has 2 heterocycles. The fraction of sp³-hybridized carbons (Fsp3) is 0.0714. The van der Waals surface area contributed by atoms with Gasteiger partial charge in [0.15, 0.2) is 11.9 Å². The maximum Gasteiger partial charge on any atom is 0.211 e. The van der Waals surface area contributed by atoms with E-state index in [-0.39, 0.29) is 17.0 Å². The lowest BCUT2D eigenvalue weighted by Crippen LogP contribution is -3.00. The number of aryl methyl sites for hydroxylation is 1. The molecule has 3 aromatic rings. The van der Waals surface area contributed by atoms with E-state index in [4.69, 9.17) is 0 Å². The van der Waals surface area contributed by atoms with Crippen molar-refractivity contribution in [3.8, 4) is 0 Å². The predicted molar refractivity (Wildman–Crippen MR) is 61.8 cm³/mol. The molecule has 0 saturated heterocycles. The molecule has 0 aliphatic heterocycles. The van der Waals surface area contributed by atoms with Crippen LogP contribution in [0.2, 0.25) is 0 Å². The molecule has 0 bridgehead atoms. The van der Waals surface area contributed by atoms with Crippen LogP contribution in [0.5, 0.6) is 0 Å². The van der Waals surface area contributed by atoms with Gasteiger partial charge in [0.25, 0.3) is 0 Å². The molecular weight excluding hydrogens is 262 g/mol. The van der Waals surface area contributed by atoms with Gasteiger partial charge in [-0.3, -0.25) is 0 Å². The number of pyridine rings is 2. The van der Waals surface area contributed by atoms with Gasteiger partial charge in [-0.15, -0.1) is 0 Å². The standard InChI is InChI=1S/C14H12N.BrH/c1-11-5-4-8-14-9-12-6-2-3-7-13(12)10-15(11)14;/h2-10H,1H3;1H/q+1;/p-1. The third kappa shape index (κ3) is 1.69. The summed E-state index contributed by atoms with van der Waals surface area (Å²) < 4.78 is 2.22. The Morgan fingerprint density at radius 1 is 0.875 bits per heavy atom. The van der Waals surface area contributed by atoms with Crippen molar-refractivity contribution in [2.24, 2.45) is 0 Å². The first kappa shape index (κ1) is 11.1. The molecule has 0 saturated carbocycles. The molecule has 0 fully saturated rings. The first-order chi connectivity index (χ1) is 7.34. The van der Waals surface area contributed by atoms with Crippen molar-refractivity contribution in [3.05, 3.63) is 60.4 Å². The Balaban J connectivity index is 0.000000963. The first-order valence-corrected chi connectivity index (χ1v) is 5.14. The Morgan fingerprint density at radius 3 is 2.44 bits per heavy atom. The third-order valence-corrected chi connectivity index (χ3v) is 2.83. The number of fused-ring (bicyclic) bond motifs is 2. The highest BCUT2D eigenvalue weighted by Crippen LogP contribution is 2.13. The molecule has 0 atom stereocenters. The van der Waals surface area contributed by atoms with Crippen molar-refractivity contribution < 1.29 is 21.4 Å². The Hall–Kier alpha value is -1.41. The largest absolute Gasteiger partial charge is 1.00 e. The molecule has 0 aliphatic carbocycles. The molecule has 2 aromatic heterocycles. The minimum atomic E-state index is 0. The van der Waals surface area contributed by atoms with E-state index in [1.54, 1.807) is 0 Å². The zero-order chi connectivity index (χ0) is 10.3. The summed E-state index contributed by atoms with van der Waals surface area (Å²) >= 11 is 0. The summed E-state index contributed by atoms with van der Waals surface area (Å²) in [6.45, 7) is 2.13. The summed E-state index contributed by atoms with van der Waals surface area (Å²) in [4.78, 5) is 0. The van der Waals surface area contributed by atoms with Gasteiger partial charge in [0, 0.05) is 30.5 Å². The average molecular weight is 274 g/mol. The van der Waals surface area contributed by atoms with Crippen molar-refractivity contribution in [3.63, 3.8) is 0 Å². The number of rotatable bonds is 0. The molecule has 1 nitrogen and oxygen atoms in total. The maximum atomic E-state index is 2.22. The van der Waals surface area contributed by atoms with Crippen LogP contribution in [0.4, 0.5) is 0 Å². The van der Waals surface area contributed by atoms with Gasteiger partial charge in [-0.25, -0.2) is 0 Å². The van der Waals surface area contributed by atoms with Crippen molar-refractivity contribution in [2.45, 2.75) is 6.92 Å². The number of nitrogens with zero attached hydrogens (tertiary/aromatic N) is 1. The minimum Gasteiger partial charge on any atom is -1.00 e. The van der Waals surface area contributed by atoms with Gasteiger partial charge in [-0.05, 0) is 17.5 Å². The topological polar surface area (TPSA) is 4.10 Å². The lowest BCUT2D eigenvalue weighted by molar-refractivity contribution is -0.518. The van der Waals surface area contributed by atoms with Gasteiger partial charge in [0.05, 0.1) is 0 Å². The second-order valence-electron chi connectivity index (χ2n) is 3.86. The predicted octanol–water partition coefficient (Wildman–Crippen LogP) is -0.109. The second-order valence-corrected chi connectivity index (χ2v) is 3.86. The van der Waals surface area contributed by atoms with Gasteiger partial charge in [0.1, 0.15) is 0 Å². The Kier molecular flexibility index (Phi) is 2.92. The molecule has 0 radical (unpaired) electrons. The van der Waals surface area contributed by atoms with E-state index >= 15 is 0 Å². The Labute approximate surface area is 105 Å². The van der Waals surface area contributed by atoms with Crippen molar-refractivity contribution in [1.82, 2.24) is 0 Å². The fourth-order valence-corrected chi connectivity index (χ4v) is 2.00. The van der Waals surface area contributed by atoms with Crippen LogP contribution in [0, 0.1) is 6.92 Å². The monoisotopic (exact) mass is 273 g/mol. The van der Waals surface area contributed by atoms with Crippen LogP contribution in [0.15, 0.2) is 54.7 Å². The van der Waals surface area contributed by atoms with Crippen LogP contribution < -0.4 is 21.4 Å². The molecule has 80 valence electrons. The summed E-state index contributed by atoms with van der Waals surface area (Å²) in [6.07, 6.45) is 2.19. The highest BCUT2D eigenvalue weighted by molar-refractivity contribution is 5.83. The number of hydrogen-bond acceptors (Lipinski definition) is 0. The summed E-state index contributed by atoms with van der Waals surface area (Å²) in [7, 11) is 0. The molecule has 0 N–H and O–H groups in total. The van der Waals surface area contributed by atoms with Gasteiger partial charge < -0.3 is 17.0 Å². The minimum absolute atomic E-state index is 0. The van der Waals surface area contributed by atoms with E-state index in [1.165, 1.54) is 22.0 Å². The van der Waals surface area contributed by atoms with E-state index < -0.39 is 0 Å². The maximum absolute atomic E-state index is 2.22. The molecule has 1 aromatic carbocycles. The molecule has 0 unspecified atom stereocenters. The number of halogens is 1.